The Kier molecular flexibility index (Phi) is 4.58. The number of fused-ring (bicyclic) bond motifs is 1. The minimum Gasteiger partial charge on any atom is -0.298 e. The molecule has 0 unspecified atom stereocenters. The molecule has 1 N–H and O–H groups in total. The van der Waals surface area contributed by atoms with Crippen LogP contribution in [-0.2, 0) is 6.42 Å². The second kappa shape index (κ2) is 7.03. The molecule has 0 aliphatic carbocycles. The largest absolute Gasteiger partial charge is 0.298 e. The van der Waals surface area contributed by atoms with Crippen molar-refractivity contribution in [3.05, 3.63) is 75.1 Å². The van der Waals surface area contributed by atoms with Crippen LogP contribution in [0.4, 0.5) is 5.13 Å². The van der Waals surface area contributed by atoms with Crippen LogP contribution in [0.15, 0.2) is 49.1 Å². The Labute approximate surface area is 162 Å². The highest BCUT2D eigenvalue weighted by atomic mass is 35.5. The monoisotopic (exact) mass is 403 g/mol. The lowest BCUT2D eigenvalue weighted by Crippen LogP contribution is -2.11. The highest BCUT2D eigenvalue weighted by Crippen LogP contribution is 2.25. The lowest BCUT2D eigenvalue weighted by atomic mass is 10.1. The summed E-state index contributed by atoms with van der Waals surface area (Å²) in [7, 11) is 0. The van der Waals surface area contributed by atoms with Gasteiger partial charge in [0.1, 0.15) is 5.56 Å². The van der Waals surface area contributed by atoms with Crippen LogP contribution in [0.2, 0.25) is 10.0 Å². The Morgan fingerprint density at radius 3 is 2.77 bits per heavy atom. The van der Waals surface area contributed by atoms with Crippen molar-refractivity contribution in [2.45, 2.75) is 6.42 Å². The maximum Gasteiger partial charge on any atom is 0.262 e. The molecule has 4 rings (SSSR count). The van der Waals surface area contributed by atoms with Gasteiger partial charge in [0.25, 0.3) is 5.91 Å². The summed E-state index contributed by atoms with van der Waals surface area (Å²) in [4.78, 5) is 21.9. The average molecular weight is 404 g/mol. The minimum atomic E-state index is -0.301. The number of nitrogens with one attached hydrogen (secondary N) is 1. The molecule has 0 saturated heterocycles. The van der Waals surface area contributed by atoms with E-state index in [2.05, 4.69) is 20.4 Å². The van der Waals surface area contributed by atoms with Crippen molar-refractivity contribution in [3.8, 4) is 0 Å². The molecule has 9 heteroatoms. The maximum absolute atomic E-state index is 12.5. The summed E-state index contributed by atoms with van der Waals surface area (Å²) in [5.74, 6) is -0.301. The number of carbonyl (C=O) groups excluding carboxylic acids is 1. The zero-order valence-electron chi connectivity index (χ0n) is 13.2. The van der Waals surface area contributed by atoms with Crippen LogP contribution < -0.4 is 5.32 Å². The molecular weight excluding hydrogens is 393 g/mol. The number of nitrogens with zero attached hydrogens (tertiary/aromatic N) is 4. The van der Waals surface area contributed by atoms with Gasteiger partial charge in [-0.05, 0) is 29.8 Å². The summed E-state index contributed by atoms with van der Waals surface area (Å²) in [5, 5.41) is 8.58. The number of carbonyl (C=O) groups is 1. The first-order chi connectivity index (χ1) is 12.6. The van der Waals surface area contributed by atoms with Gasteiger partial charge in [-0.2, -0.15) is 5.10 Å². The van der Waals surface area contributed by atoms with Crippen LogP contribution in [0.1, 0.15) is 20.8 Å². The Bertz CT molecular complexity index is 1090. The van der Waals surface area contributed by atoms with E-state index in [0.29, 0.717) is 32.8 Å². The molecule has 1 amide bonds. The molecule has 4 aromatic rings. The van der Waals surface area contributed by atoms with E-state index in [1.807, 2.05) is 12.1 Å². The van der Waals surface area contributed by atoms with E-state index in [1.54, 1.807) is 35.2 Å². The Morgan fingerprint density at radius 2 is 1.96 bits per heavy atom. The number of thiazole rings is 1. The molecule has 3 heterocycles. The molecule has 0 fully saturated rings. The van der Waals surface area contributed by atoms with Crippen LogP contribution >= 0.6 is 34.5 Å². The zero-order valence-corrected chi connectivity index (χ0v) is 15.5. The quantitative estimate of drug-likeness (QED) is 0.550. The smallest absolute Gasteiger partial charge is 0.262 e. The lowest BCUT2D eigenvalue weighted by Gasteiger charge is -2.01. The molecule has 0 radical (unpaired) electrons. The Morgan fingerprint density at radius 1 is 1.15 bits per heavy atom. The van der Waals surface area contributed by atoms with Crippen molar-refractivity contribution in [3.63, 3.8) is 0 Å². The lowest BCUT2D eigenvalue weighted by molar-refractivity contribution is 0.102. The molecule has 0 saturated carbocycles. The molecule has 6 nitrogen and oxygen atoms in total. The second-order valence-electron chi connectivity index (χ2n) is 5.49. The van der Waals surface area contributed by atoms with E-state index in [0.717, 1.165) is 10.4 Å². The molecule has 0 aliphatic rings. The third-order valence-corrected chi connectivity index (χ3v) is 4.95. The summed E-state index contributed by atoms with van der Waals surface area (Å²) >= 11 is 13.4. The molecule has 1 aromatic carbocycles. The Balaban J connectivity index is 1.50. The van der Waals surface area contributed by atoms with Crippen molar-refractivity contribution in [2.75, 3.05) is 5.32 Å². The standard InChI is InChI=1S/C17H11Cl2N5OS/c18-11-4-10(5-12(19)7-11)6-13-8-21-17(26-13)23-16(25)14-9-22-24-3-1-2-20-15(14)24/h1-5,7-9H,6H2,(H,21,23,25). The molecule has 0 bridgehead atoms. The molecule has 26 heavy (non-hydrogen) atoms. The summed E-state index contributed by atoms with van der Waals surface area (Å²) < 4.78 is 1.55. The summed E-state index contributed by atoms with van der Waals surface area (Å²) in [6.07, 6.45) is 7.19. The van der Waals surface area contributed by atoms with Crippen molar-refractivity contribution in [1.29, 1.82) is 0 Å². The van der Waals surface area contributed by atoms with Gasteiger partial charge in [0.15, 0.2) is 10.8 Å². The summed E-state index contributed by atoms with van der Waals surface area (Å²) in [6, 6.07) is 7.15. The van der Waals surface area contributed by atoms with Crippen molar-refractivity contribution in [2.24, 2.45) is 0 Å². The van der Waals surface area contributed by atoms with Gasteiger partial charge in [0, 0.05) is 39.9 Å². The molecule has 0 aliphatic heterocycles. The molecular formula is C17H11Cl2N5OS. The van der Waals surface area contributed by atoms with Crippen molar-refractivity contribution in [1.82, 2.24) is 19.6 Å². The van der Waals surface area contributed by atoms with E-state index in [9.17, 15) is 4.79 Å². The minimum absolute atomic E-state index is 0.301. The third kappa shape index (κ3) is 3.55. The van der Waals surface area contributed by atoms with Crippen molar-refractivity contribution < 1.29 is 4.79 Å². The summed E-state index contributed by atoms with van der Waals surface area (Å²) in [5.41, 5.74) is 1.87. The molecule has 130 valence electrons. The predicted octanol–water partition coefficient (Wildman–Crippen LogP) is 4.34. The number of anilines is 1. The van der Waals surface area contributed by atoms with Crippen LogP contribution in [0.5, 0.6) is 0 Å². The average Bonchev–Trinajstić information content (AvgIpc) is 3.20. The first-order valence-corrected chi connectivity index (χ1v) is 9.15. The number of amides is 1. The zero-order chi connectivity index (χ0) is 18.1. The van der Waals surface area contributed by atoms with E-state index >= 15 is 0 Å². The number of benzene rings is 1. The first kappa shape index (κ1) is 17.0. The highest BCUT2D eigenvalue weighted by molar-refractivity contribution is 7.15. The van der Waals surface area contributed by atoms with E-state index in [4.69, 9.17) is 23.2 Å². The Hall–Kier alpha value is -2.48. The second-order valence-corrected chi connectivity index (χ2v) is 7.47. The molecule has 0 atom stereocenters. The van der Waals surface area contributed by atoms with Gasteiger partial charge < -0.3 is 0 Å². The fraction of sp³-hybridized carbons (Fsp3) is 0.0588. The van der Waals surface area contributed by atoms with Gasteiger partial charge in [-0.1, -0.05) is 23.2 Å². The van der Waals surface area contributed by atoms with Crippen LogP contribution in [0, 0.1) is 0 Å². The summed E-state index contributed by atoms with van der Waals surface area (Å²) in [6.45, 7) is 0. The molecule has 0 spiro atoms. The van der Waals surface area contributed by atoms with E-state index in [1.165, 1.54) is 17.5 Å². The number of hydrogen-bond donors (Lipinski definition) is 1. The predicted molar refractivity (Wildman–Crippen MR) is 102 cm³/mol. The van der Waals surface area contributed by atoms with Crippen LogP contribution in [0.25, 0.3) is 5.65 Å². The first-order valence-electron chi connectivity index (χ1n) is 7.58. The van der Waals surface area contributed by atoms with Gasteiger partial charge in [0.2, 0.25) is 0 Å². The SMILES string of the molecule is O=C(Nc1ncc(Cc2cc(Cl)cc(Cl)c2)s1)c1cnn2cccnc12. The van der Waals surface area contributed by atoms with Gasteiger partial charge in [-0.3, -0.25) is 10.1 Å². The van der Waals surface area contributed by atoms with E-state index < -0.39 is 0 Å². The number of aromatic nitrogens is 4. The highest BCUT2D eigenvalue weighted by Gasteiger charge is 2.15. The van der Waals surface area contributed by atoms with Crippen molar-refractivity contribution >= 4 is 51.2 Å². The van der Waals surface area contributed by atoms with Gasteiger partial charge >= 0.3 is 0 Å². The van der Waals surface area contributed by atoms with Crippen LogP contribution in [-0.4, -0.2) is 25.5 Å². The normalized spacial score (nSPS) is 11.0. The molecule has 3 aromatic heterocycles. The van der Waals surface area contributed by atoms with Gasteiger partial charge in [-0.25, -0.2) is 14.5 Å². The fourth-order valence-electron chi connectivity index (χ4n) is 2.51. The topological polar surface area (TPSA) is 72.2 Å². The maximum atomic E-state index is 12.5. The van der Waals surface area contributed by atoms with Gasteiger partial charge in [0.05, 0.1) is 6.20 Å². The van der Waals surface area contributed by atoms with Gasteiger partial charge in [-0.15, -0.1) is 11.3 Å². The third-order valence-electron chi connectivity index (χ3n) is 3.60. The van der Waals surface area contributed by atoms with Crippen LogP contribution in [0.3, 0.4) is 0 Å². The fourth-order valence-corrected chi connectivity index (χ4v) is 3.93. The van der Waals surface area contributed by atoms with E-state index in [-0.39, 0.29) is 5.91 Å². The number of hydrogen-bond acceptors (Lipinski definition) is 5. The number of rotatable bonds is 4. The number of halogens is 2.